The van der Waals surface area contributed by atoms with Gasteiger partial charge in [-0.2, -0.15) is 13.2 Å². The predicted octanol–water partition coefficient (Wildman–Crippen LogP) is 3.52. The van der Waals surface area contributed by atoms with Crippen molar-refractivity contribution in [2.24, 2.45) is 5.73 Å². The molecule has 0 aliphatic heterocycles. The van der Waals surface area contributed by atoms with Crippen molar-refractivity contribution in [3.05, 3.63) is 41.0 Å². The van der Waals surface area contributed by atoms with Gasteiger partial charge < -0.3 is 5.73 Å². The highest BCUT2D eigenvalue weighted by Gasteiger charge is 2.30. The minimum Gasteiger partial charge on any atom is -0.366 e. The van der Waals surface area contributed by atoms with E-state index in [0.717, 1.165) is 30.5 Å². The Labute approximate surface area is 109 Å². The lowest BCUT2D eigenvalue weighted by molar-refractivity contribution is -0.137. The Hall–Kier alpha value is -1.78. The first-order valence-corrected chi connectivity index (χ1v) is 6.09. The highest BCUT2D eigenvalue weighted by Crippen LogP contribution is 2.34. The molecule has 0 bridgehead atoms. The number of primary amides is 1. The summed E-state index contributed by atoms with van der Waals surface area (Å²) in [5.74, 6) is -0.477. The van der Waals surface area contributed by atoms with Crippen LogP contribution in [0.15, 0.2) is 29.8 Å². The number of hydrogen-bond acceptors (Lipinski definition) is 1. The predicted molar refractivity (Wildman–Crippen MR) is 66.0 cm³/mol. The van der Waals surface area contributed by atoms with E-state index < -0.39 is 17.6 Å². The van der Waals surface area contributed by atoms with Crippen LogP contribution in [0.4, 0.5) is 13.2 Å². The molecule has 0 unspecified atom stereocenters. The maximum Gasteiger partial charge on any atom is 0.416 e. The van der Waals surface area contributed by atoms with Crippen LogP contribution in [0.3, 0.4) is 0 Å². The van der Waals surface area contributed by atoms with Crippen molar-refractivity contribution in [2.45, 2.75) is 31.9 Å². The number of benzene rings is 1. The second kappa shape index (κ2) is 5.07. The topological polar surface area (TPSA) is 43.1 Å². The van der Waals surface area contributed by atoms with Crippen molar-refractivity contribution in [2.75, 3.05) is 0 Å². The summed E-state index contributed by atoms with van der Waals surface area (Å²) in [7, 11) is 0. The van der Waals surface area contributed by atoms with Gasteiger partial charge in [-0.1, -0.05) is 12.1 Å². The largest absolute Gasteiger partial charge is 0.416 e. The van der Waals surface area contributed by atoms with Crippen LogP contribution in [0.1, 0.15) is 36.8 Å². The van der Waals surface area contributed by atoms with Gasteiger partial charge in [0, 0.05) is 5.57 Å². The maximum atomic E-state index is 12.5. The molecule has 0 heterocycles. The number of rotatable bonds is 2. The Morgan fingerprint density at radius 2 is 1.63 bits per heavy atom. The van der Waals surface area contributed by atoms with E-state index in [1.165, 1.54) is 12.1 Å². The summed E-state index contributed by atoms with van der Waals surface area (Å²) in [4.78, 5) is 11.3. The summed E-state index contributed by atoms with van der Waals surface area (Å²) in [6.07, 6.45) is -1.24. The number of amides is 1. The minimum atomic E-state index is -4.34. The van der Waals surface area contributed by atoms with Gasteiger partial charge in [-0.15, -0.1) is 0 Å². The summed E-state index contributed by atoms with van der Waals surface area (Å²) in [6, 6.07) is 4.89. The van der Waals surface area contributed by atoms with Crippen molar-refractivity contribution in [1.82, 2.24) is 0 Å². The van der Waals surface area contributed by atoms with Crippen LogP contribution in [-0.2, 0) is 11.0 Å². The van der Waals surface area contributed by atoms with E-state index in [-0.39, 0.29) is 0 Å². The van der Waals surface area contributed by atoms with Gasteiger partial charge in [0.2, 0.25) is 5.91 Å². The fraction of sp³-hybridized carbons (Fsp3) is 0.357. The number of allylic oxidation sites excluding steroid dienone is 1. The summed E-state index contributed by atoms with van der Waals surface area (Å²) < 4.78 is 37.4. The highest BCUT2D eigenvalue weighted by atomic mass is 19.4. The molecule has 1 amide bonds. The van der Waals surface area contributed by atoms with Gasteiger partial charge in [0.25, 0.3) is 0 Å². The molecular formula is C14H14F3NO. The Bertz CT molecular complexity index is 514. The van der Waals surface area contributed by atoms with Gasteiger partial charge in [-0.3, -0.25) is 4.79 Å². The highest BCUT2D eigenvalue weighted by molar-refractivity contribution is 6.00. The van der Waals surface area contributed by atoms with Crippen molar-refractivity contribution in [1.29, 1.82) is 0 Å². The molecule has 0 atom stereocenters. The number of alkyl halides is 3. The van der Waals surface area contributed by atoms with Crippen molar-refractivity contribution < 1.29 is 18.0 Å². The fourth-order valence-electron chi connectivity index (χ4n) is 2.36. The number of hydrogen-bond donors (Lipinski definition) is 1. The van der Waals surface area contributed by atoms with Crippen LogP contribution >= 0.6 is 0 Å². The maximum absolute atomic E-state index is 12.5. The average molecular weight is 269 g/mol. The molecule has 102 valence electrons. The van der Waals surface area contributed by atoms with Gasteiger partial charge in [0.15, 0.2) is 0 Å². The molecule has 0 saturated heterocycles. The van der Waals surface area contributed by atoms with E-state index in [0.29, 0.717) is 24.0 Å². The zero-order chi connectivity index (χ0) is 14.0. The second-order valence-corrected chi connectivity index (χ2v) is 4.60. The molecule has 0 radical (unpaired) electrons. The Morgan fingerprint density at radius 3 is 2.16 bits per heavy atom. The smallest absolute Gasteiger partial charge is 0.366 e. The van der Waals surface area contributed by atoms with Crippen LogP contribution in [0.25, 0.3) is 5.57 Å². The molecule has 1 aliphatic carbocycles. The number of carbonyl (C=O) groups is 1. The van der Waals surface area contributed by atoms with Gasteiger partial charge >= 0.3 is 6.18 Å². The molecule has 2 N–H and O–H groups in total. The zero-order valence-corrected chi connectivity index (χ0v) is 10.3. The molecule has 2 nitrogen and oxygen atoms in total. The van der Waals surface area contributed by atoms with Gasteiger partial charge in [-0.05, 0) is 49.0 Å². The summed E-state index contributed by atoms with van der Waals surface area (Å²) >= 11 is 0. The monoisotopic (exact) mass is 269 g/mol. The van der Waals surface area contributed by atoms with E-state index in [1.54, 1.807) is 0 Å². The number of carbonyl (C=O) groups excluding carboxylic acids is 1. The molecule has 0 saturated carbocycles. The van der Waals surface area contributed by atoms with Crippen LogP contribution < -0.4 is 5.73 Å². The molecule has 2 rings (SSSR count). The normalized spacial score (nSPS) is 16.6. The Kier molecular flexibility index (Phi) is 3.64. The van der Waals surface area contributed by atoms with E-state index in [9.17, 15) is 18.0 Å². The van der Waals surface area contributed by atoms with Crippen LogP contribution in [-0.4, -0.2) is 5.91 Å². The van der Waals surface area contributed by atoms with Crippen molar-refractivity contribution in [3.8, 4) is 0 Å². The average Bonchev–Trinajstić information content (AvgIpc) is 2.38. The molecule has 19 heavy (non-hydrogen) atoms. The SMILES string of the molecule is NC(=O)C1=C(c2ccc(C(F)(F)F)cc2)CCCC1. The van der Waals surface area contributed by atoms with E-state index in [2.05, 4.69) is 0 Å². The lowest BCUT2D eigenvalue weighted by Gasteiger charge is -2.19. The van der Waals surface area contributed by atoms with Crippen LogP contribution in [0.2, 0.25) is 0 Å². The van der Waals surface area contributed by atoms with Gasteiger partial charge in [0.05, 0.1) is 5.56 Å². The fourth-order valence-corrected chi connectivity index (χ4v) is 2.36. The third-order valence-corrected chi connectivity index (χ3v) is 3.33. The van der Waals surface area contributed by atoms with E-state index in [4.69, 9.17) is 5.73 Å². The molecule has 0 spiro atoms. The summed E-state index contributed by atoms with van der Waals surface area (Å²) in [6.45, 7) is 0. The number of nitrogens with two attached hydrogens (primary N) is 1. The molecular weight excluding hydrogens is 255 g/mol. The Balaban J connectivity index is 2.38. The third kappa shape index (κ3) is 2.97. The van der Waals surface area contributed by atoms with Gasteiger partial charge in [0.1, 0.15) is 0 Å². The first kappa shape index (κ1) is 13.6. The first-order chi connectivity index (χ1) is 8.89. The standard InChI is InChI=1S/C14H14F3NO/c15-14(16,17)10-7-5-9(6-8-10)11-3-1-2-4-12(11)13(18)19/h5-8H,1-4H2,(H2,18,19). The van der Waals surface area contributed by atoms with E-state index >= 15 is 0 Å². The van der Waals surface area contributed by atoms with Crippen molar-refractivity contribution in [3.63, 3.8) is 0 Å². The second-order valence-electron chi connectivity index (χ2n) is 4.60. The minimum absolute atomic E-state index is 0.477. The van der Waals surface area contributed by atoms with Crippen molar-refractivity contribution >= 4 is 11.5 Å². The quantitative estimate of drug-likeness (QED) is 0.877. The third-order valence-electron chi connectivity index (χ3n) is 3.33. The molecule has 5 heteroatoms. The molecule has 1 aliphatic rings. The molecule has 1 aromatic rings. The van der Waals surface area contributed by atoms with Crippen LogP contribution in [0, 0.1) is 0 Å². The molecule has 0 aromatic heterocycles. The summed E-state index contributed by atoms with van der Waals surface area (Å²) in [5, 5.41) is 0. The first-order valence-electron chi connectivity index (χ1n) is 6.09. The molecule has 0 fully saturated rings. The lowest BCUT2D eigenvalue weighted by Crippen LogP contribution is -2.17. The number of halogens is 3. The van der Waals surface area contributed by atoms with E-state index in [1.807, 2.05) is 0 Å². The summed E-state index contributed by atoms with van der Waals surface area (Å²) in [5.41, 5.74) is 6.62. The lowest BCUT2D eigenvalue weighted by atomic mass is 9.87. The van der Waals surface area contributed by atoms with Crippen LogP contribution in [0.5, 0.6) is 0 Å². The zero-order valence-electron chi connectivity index (χ0n) is 10.3. The molecule has 1 aromatic carbocycles. The van der Waals surface area contributed by atoms with Gasteiger partial charge in [-0.25, -0.2) is 0 Å². The Morgan fingerprint density at radius 1 is 1.05 bits per heavy atom.